The minimum absolute atomic E-state index is 0.108. The fourth-order valence-corrected chi connectivity index (χ4v) is 1.85. The molecule has 0 amide bonds. The van der Waals surface area contributed by atoms with E-state index in [2.05, 4.69) is 25.2 Å². The van der Waals surface area contributed by atoms with Gasteiger partial charge in [0, 0.05) is 11.4 Å². The van der Waals surface area contributed by atoms with Crippen molar-refractivity contribution in [3.05, 3.63) is 47.3 Å². The number of aromatic nitrogens is 2. The molecule has 1 N–H and O–H groups in total. The summed E-state index contributed by atoms with van der Waals surface area (Å²) < 4.78 is 28.5. The van der Waals surface area contributed by atoms with E-state index in [1.165, 1.54) is 12.1 Å². The van der Waals surface area contributed by atoms with Gasteiger partial charge in [0.1, 0.15) is 5.75 Å². The number of hydrazone groups is 1. The van der Waals surface area contributed by atoms with E-state index >= 15 is 0 Å². The van der Waals surface area contributed by atoms with Gasteiger partial charge in [0.15, 0.2) is 0 Å². The Balaban J connectivity index is 2.08. The second-order valence-corrected chi connectivity index (χ2v) is 4.69. The summed E-state index contributed by atoms with van der Waals surface area (Å²) in [5.41, 5.74) is 5.92. The van der Waals surface area contributed by atoms with Gasteiger partial charge >= 0.3 is 6.61 Å². The smallest absolute Gasteiger partial charge is 0.387 e. The summed E-state index contributed by atoms with van der Waals surface area (Å²) in [5.74, 6) is 0.520. The molecule has 0 aliphatic heterocycles. The average Bonchev–Trinajstić information content (AvgIpc) is 2.44. The first kappa shape index (κ1) is 15.8. The highest BCUT2D eigenvalue weighted by molar-refractivity contribution is 5.99. The Hall–Kier alpha value is -2.57. The largest absolute Gasteiger partial charge is 0.435 e. The maximum atomic E-state index is 12.1. The minimum atomic E-state index is -2.83. The van der Waals surface area contributed by atoms with Gasteiger partial charge in [-0.15, -0.1) is 0 Å². The van der Waals surface area contributed by atoms with Crippen LogP contribution >= 0.6 is 0 Å². The summed E-state index contributed by atoms with van der Waals surface area (Å²) in [6.07, 6.45) is 0. The Kier molecular flexibility index (Phi) is 4.98. The lowest BCUT2D eigenvalue weighted by Crippen LogP contribution is -2.04. The monoisotopic (exact) mass is 306 g/mol. The molecule has 0 atom stereocenters. The summed E-state index contributed by atoms with van der Waals surface area (Å²) in [6, 6.07) is 8.10. The molecular formula is C15H16F2N4O. The second kappa shape index (κ2) is 6.93. The molecule has 0 unspecified atom stereocenters. The van der Waals surface area contributed by atoms with Crippen molar-refractivity contribution in [2.24, 2.45) is 5.10 Å². The van der Waals surface area contributed by atoms with Crippen LogP contribution in [0.25, 0.3) is 0 Å². The number of benzene rings is 1. The lowest BCUT2D eigenvalue weighted by Gasteiger charge is -2.06. The highest BCUT2D eigenvalue weighted by atomic mass is 19.3. The van der Waals surface area contributed by atoms with Crippen molar-refractivity contribution in [1.82, 2.24) is 9.97 Å². The maximum absolute atomic E-state index is 12.1. The first-order valence-corrected chi connectivity index (χ1v) is 6.62. The molecule has 1 heterocycles. The van der Waals surface area contributed by atoms with E-state index in [-0.39, 0.29) is 5.75 Å². The Labute approximate surface area is 127 Å². The van der Waals surface area contributed by atoms with Crippen LogP contribution in [0.2, 0.25) is 0 Å². The molecule has 0 radical (unpaired) electrons. The molecule has 1 aromatic carbocycles. The van der Waals surface area contributed by atoms with Crippen LogP contribution in [0.15, 0.2) is 35.4 Å². The number of nitrogens with zero attached hydrogens (tertiary/aromatic N) is 3. The normalized spacial score (nSPS) is 11.6. The Bertz CT molecular complexity index is 651. The lowest BCUT2D eigenvalue weighted by atomic mass is 10.1. The van der Waals surface area contributed by atoms with Gasteiger partial charge in [0.25, 0.3) is 0 Å². The van der Waals surface area contributed by atoms with Crippen LogP contribution in [0.3, 0.4) is 0 Å². The van der Waals surface area contributed by atoms with Gasteiger partial charge in [-0.1, -0.05) is 0 Å². The van der Waals surface area contributed by atoms with Crippen LogP contribution in [0.1, 0.15) is 23.9 Å². The molecule has 0 spiro atoms. The minimum Gasteiger partial charge on any atom is -0.435 e. The zero-order chi connectivity index (χ0) is 16.1. The predicted molar refractivity (Wildman–Crippen MR) is 80.4 cm³/mol. The molecular weight excluding hydrogens is 290 g/mol. The fraction of sp³-hybridized carbons (Fsp3) is 0.267. The van der Waals surface area contributed by atoms with Crippen LogP contribution < -0.4 is 10.2 Å². The van der Waals surface area contributed by atoms with E-state index in [0.717, 1.165) is 17.0 Å². The quantitative estimate of drug-likeness (QED) is 0.678. The molecule has 0 bridgehead atoms. The van der Waals surface area contributed by atoms with Crippen molar-refractivity contribution in [3.63, 3.8) is 0 Å². The molecule has 7 heteroatoms. The van der Waals surface area contributed by atoms with E-state index in [9.17, 15) is 8.78 Å². The van der Waals surface area contributed by atoms with Gasteiger partial charge in [-0.25, -0.2) is 15.4 Å². The highest BCUT2D eigenvalue weighted by Gasteiger charge is 2.05. The first-order valence-electron chi connectivity index (χ1n) is 6.62. The second-order valence-electron chi connectivity index (χ2n) is 4.69. The average molecular weight is 306 g/mol. The molecule has 0 aliphatic carbocycles. The number of hydrogen-bond donors (Lipinski definition) is 1. The van der Waals surface area contributed by atoms with E-state index < -0.39 is 6.61 Å². The predicted octanol–water partition coefficient (Wildman–Crippen LogP) is 3.53. The number of alkyl halides is 2. The molecule has 2 aromatic rings. The van der Waals surface area contributed by atoms with Crippen LogP contribution in [-0.2, 0) is 0 Å². The van der Waals surface area contributed by atoms with Crippen molar-refractivity contribution in [2.75, 3.05) is 5.43 Å². The van der Waals surface area contributed by atoms with Gasteiger partial charge in [-0.3, -0.25) is 0 Å². The molecule has 0 fully saturated rings. The van der Waals surface area contributed by atoms with Gasteiger partial charge in [-0.2, -0.15) is 13.9 Å². The number of rotatable bonds is 5. The van der Waals surface area contributed by atoms with Gasteiger partial charge < -0.3 is 4.74 Å². The zero-order valence-electron chi connectivity index (χ0n) is 12.5. The number of anilines is 1. The Morgan fingerprint density at radius 2 is 1.73 bits per heavy atom. The van der Waals surface area contributed by atoms with E-state index in [1.54, 1.807) is 19.1 Å². The Morgan fingerprint density at radius 3 is 2.27 bits per heavy atom. The molecule has 0 saturated heterocycles. The molecule has 2 rings (SSSR count). The number of nitrogens with one attached hydrogen (secondary N) is 1. The van der Waals surface area contributed by atoms with Gasteiger partial charge in [0.2, 0.25) is 5.95 Å². The lowest BCUT2D eigenvalue weighted by molar-refractivity contribution is -0.0498. The summed E-state index contributed by atoms with van der Waals surface area (Å²) in [4.78, 5) is 8.43. The van der Waals surface area contributed by atoms with Crippen LogP contribution in [0.4, 0.5) is 14.7 Å². The topological polar surface area (TPSA) is 59.4 Å². The van der Waals surface area contributed by atoms with Crippen LogP contribution in [0.5, 0.6) is 5.75 Å². The third kappa shape index (κ3) is 4.47. The third-order valence-corrected chi connectivity index (χ3v) is 2.80. The van der Waals surface area contributed by atoms with Crippen molar-refractivity contribution in [3.8, 4) is 5.75 Å². The maximum Gasteiger partial charge on any atom is 0.387 e. The summed E-state index contributed by atoms with van der Waals surface area (Å²) in [7, 11) is 0. The molecule has 5 nitrogen and oxygen atoms in total. The SMILES string of the molecule is C/C(=N\Nc1nc(C)cc(C)n1)c1ccc(OC(F)F)cc1. The molecule has 0 aliphatic rings. The van der Waals surface area contributed by atoms with Gasteiger partial charge in [-0.05, 0) is 56.7 Å². The molecule has 116 valence electrons. The van der Waals surface area contributed by atoms with Crippen LogP contribution in [-0.4, -0.2) is 22.3 Å². The fourth-order valence-electron chi connectivity index (χ4n) is 1.85. The summed E-state index contributed by atoms with van der Waals surface area (Å²) in [6.45, 7) is 2.71. The third-order valence-electron chi connectivity index (χ3n) is 2.80. The summed E-state index contributed by atoms with van der Waals surface area (Å²) in [5, 5.41) is 4.19. The van der Waals surface area contributed by atoms with Crippen molar-refractivity contribution >= 4 is 11.7 Å². The molecule has 1 aromatic heterocycles. The standard InChI is InChI=1S/C15H16F2N4O/c1-9-8-10(2)19-15(18-9)21-20-11(3)12-4-6-13(7-5-12)22-14(16)17/h4-8,14H,1-3H3,(H,18,19,21)/b20-11+. The number of halogens is 2. The van der Waals surface area contributed by atoms with Gasteiger partial charge in [0.05, 0.1) is 5.71 Å². The van der Waals surface area contributed by atoms with E-state index in [0.29, 0.717) is 11.7 Å². The van der Waals surface area contributed by atoms with E-state index in [1.807, 2.05) is 19.9 Å². The first-order chi connectivity index (χ1) is 10.4. The van der Waals surface area contributed by atoms with Crippen molar-refractivity contribution < 1.29 is 13.5 Å². The zero-order valence-corrected chi connectivity index (χ0v) is 12.5. The van der Waals surface area contributed by atoms with Crippen LogP contribution in [0, 0.1) is 13.8 Å². The van der Waals surface area contributed by atoms with Crippen molar-refractivity contribution in [1.29, 1.82) is 0 Å². The highest BCUT2D eigenvalue weighted by Crippen LogP contribution is 2.15. The summed E-state index contributed by atoms with van der Waals surface area (Å²) >= 11 is 0. The number of hydrogen-bond acceptors (Lipinski definition) is 5. The van der Waals surface area contributed by atoms with Crippen molar-refractivity contribution in [2.45, 2.75) is 27.4 Å². The molecule has 22 heavy (non-hydrogen) atoms. The van der Waals surface area contributed by atoms with E-state index in [4.69, 9.17) is 0 Å². The Morgan fingerprint density at radius 1 is 1.14 bits per heavy atom. The number of ether oxygens (including phenoxy) is 1. The molecule has 0 saturated carbocycles. The number of aryl methyl sites for hydroxylation is 2.